The van der Waals surface area contributed by atoms with Gasteiger partial charge in [0.05, 0.1) is 0 Å². The molecular formula is C20H21NO7. The van der Waals surface area contributed by atoms with Crippen LogP contribution in [0.5, 0.6) is 11.5 Å². The van der Waals surface area contributed by atoms with E-state index in [1.54, 1.807) is 13.8 Å². The van der Waals surface area contributed by atoms with Gasteiger partial charge in [-0.15, -0.1) is 0 Å². The van der Waals surface area contributed by atoms with E-state index in [4.69, 9.17) is 14.6 Å². The van der Waals surface area contributed by atoms with Crippen LogP contribution in [0.2, 0.25) is 0 Å². The van der Waals surface area contributed by atoms with Crippen LogP contribution in [0.1, 0.15) is 19.4 Å². The second-order valence-electron chi connectivity index (χ2n) is 6.19. The number of rotatable bonds is 7. The number of carbonyl (C=O) groups excluding carboxylic acids is 2. The van der Waals surface area contributed by atoms with E-state index < -0.39 is 24.3 Å². The van der Waals surface area contributed by atoms with E-state index in [1.165, 1.54) is 24.3 Å². The highest BCUT2D eigenvalue weighted by Crippen LogP contribution is 2.20. The van der Waals surface area contributed by atoms with Gasteiger partial charge in [-0.1, -0.05) is 50.2 Å². The molecule has 0 heterocycles. The first-order valence-electron chi connectivity index (χ1n) is 8.55. The zero-order valence-corrected chi connectivity index (χ0v) is 15.5. The SMILES string of the molecule is CC(C)[C@H](NC(=O)OCc1ccccc1)C(=O)Oc1cccc(OC(=O)O)c1. The molecule has 0 bridgehead atoms. The molecule has 8 heteroatoms. The van der Waals surface area contributed by atoms with Crippen molar-refractivity contribution in [3.8, 4) is 11.5 Å². The summed E-state index contributed by atoms with van der Waals surface area (Å²) in [7, 11) is 0. The van der Waals surface area contributed by atoms with Crippen molar-refractivity contribution < 1.29 is 33.7 Å². The van der Waals surface area contributed by atoms with Crippen molar-refractivity contribution in [1.29, 1.82) is 0 Å². The van der Waals surface area contributed by atoms with Gasteiger partial charge in [-0.25, -0.2) is 14.4 Å². The zero-order chi connectivity index (χ0) is 20.5. The summed E-state index contributed by atoms with van der Waals surface area (Å²) in [6.45, 7) is 3.56. The maximum Gasteiger partial charge on any atom is 0.511 e. The molecule has 148 valence electrons. The van der Waals surface area contributed by atoms with Crippen molar-refractivity contribution in [2.75, 3.05) is 0 Å². The number of carboxylic acid groups (broad SMARTS) is 1. The average molecular weight is 387 g/mol. The second-order valence-corrected chi connectivity index (χ2v) is 6.19. The summed E-state index contributed by atoms with van der Waals surface area (Å²) in [6, 6.07) is 13.8. The van der Waals surface area contributed by atoms with Gasteiger partial charge in [0.25, 0.3) is 0 Å². The summed E-state index contributed by atoms with van der Waals surface area (Å²) >= 11 is 0. The largest absolute Gasteiger partial charge is 0.511 e. The highest BCUT2D eigenvalue weighted by Gasteiger charge is 2.27. The van der Waals surface area contributed by atoms with Gasteiger partial charge in [0.15, 0.2) is 0 Å². The molecule has 1 atom stereocenters. The average Bonchev–Trinajstić information content (AvgIpc) is 2.64. The molecule has 0 unspecified atom stereocenters. The van der Waals surface area contributed by atoms with Gasteiger partial charge in [-0.05, 0) is 23.6 Å². The van der Waals surface area contributed by atoms with Gasteiger partial charge in [-0.3, -0.25) is 0 Å². The fourth-order valence-corrected chi connectivity index (χ4v) is 2.27. The Morgan fingerprint density at radius 3 is 2.21 bits per heavy atom. The van der Waals surface area contributed by atoms with Crippen LogP contribution in [0.4, 0.5) is 9.59 Å². The molecule has 0 aliphatic rings. The van der Waals surface area contributed by atoms with Crippen LogP contribution in [0, 0.1) is 5.92 Å². The van der Waals surface area contributed by atoms with Crippen LogP contribution in [0.15, 0.2) is 54.6 Å². The number of hydrogen-bond acceptors (Lipinski definition) is 6. The van der Waals surface area contributed by atoms with Crippen LogP contribution in [-0.2, 0) is 16.1 Å². The minimum absolute atomic E-state index is 0.00845. The summed E-state index contributed by atoms with van der Waals surface area (Å²) in [4.78, 5) is 35.1. The van der Waals surface area contributed by atoms with Crippen molar-refractivity contribution in [2.24, 2.45) is 5.92 Å². The number of ether oxygens (including phenoxy) is 3. The molecule has 8 nitrogen and oxygen atoms in total. The predicted octanol–water partition coefficient (Wildman–Crippen LogP) is 3.60. The monoisotopic (exact) mass is 387 g/mol. The third-order valence-electron chi connectivity index (χ3n) is 3.64. The van der Waals surface area contributed by atoms with Gasteiger partial charge in [-0.2, -0.15) is 0 Å². The lowest BCUT2D eigenvalue weighted by molar-refractivity contribution is -0.137. The highest BCUT2D eigenvalue weighted by atomic mass is 16.7. The minimum atomic E-state index is -1.48. The number of alkyl carbamates (subject to hydrolysis) is 1. The second kappa shape index (κ2) is 9.96. The molecule has 0 saturated carbocycles. The normalized spacial score (nSPS) is 11.4. The molecule has 0 aliphatic heterocycles. The van der Waals surface area contributed by atoms with Crippen LogP contribution in [0.25, 0.3) is 0 Å². The van der Waals surface area contributed by atoms with Crippen molar-refractivity contribution in [1.82, 2.24) is 5.32 Å². The molecule has 2 aromatic rings. The van der Waals surface area contributed by atoms with E-state index in [0.29, 0.717) is 0 Å². The Bertz CT molecular complexity index is 820. The maximum atomic E-state index is 12.4. The van der Waals surface area contributed by atoms with E-state index in [2.05, 4.69) is 10.1 Å². The summed E-state index contributed by atoms with van der Waals surface area (Å²) < 4.78 is 14.9. The standard InChI is InChI=1S/C20H21NO7/c1-13(2)17(21-19(23)26-12-14-7-4-3-5-8-14)18(22)27-15-9-6-10-16(11-15)28-20(24)25/h3-11,13,17H,12H2,1-2H3,(H,21,23)(H,24,25)/t17-/m0/s1. The van der Waals surface area contributed by atoms with Crippen LogP contribution in [-0.4, -0.2) is 29.4 Å². The number of benzene rings is 2. The van der Waals surface area contributed by atoms with Crippen molar-refractivity contribution in [2.45, 2.75) is 26.5 Å². The molecule has 0 saturated heterocycles. The third kappa shape index (κ3) is 6.64. The first-order chi connectivity index (χ1) is 13.3. The Labute approximate surface area is 162 Å². The summed E-state index contributed by atoms with van der Waals surface area (Å²) in [5, 5.41) is 11.1. The summed E-state index contributed by atoms with van der Waals surface area (Å²) in [6.07, 6.45) is -2.23. The molecule has 2 aromatic carbocycles. The van der Waals surface area contributed by atoms with E-state index in [9.17, 15) is 14.4 Å². The molecule has 2 rings (SSSR count). The van der Waals surface area contributed by atoms with Gasteiger partial charge < -0.3 is 24.6 Å². The molecule has 28 heavy (non-hydrogen) atoms. The number of amides is 1. The van der Waals surface area contributed by atoms with Gasteiger partial charge >= 0.3 is 18.2 Å². The number of carbonyl (C=O) groups is 3. The quantitative estimate of drug-likeness (QED) is 0.424. The van der Waals surface area contributed by atoms with E-state index in [-0.39, 0.29) is 24.0 Å². The summed E-state index contributed by atoms with van der Waals surface area (Å²) in [5.41, 5.74) is 0.816. The predicted molar refractivity (Wildman–Crippen MR) is 99.1 cm³/mol. The van der Waals surface area contributed by atoms with Gasteiger partial charge in [0, 0.05) is 6.07 Å². The van der Waals surface area contributed by atoms with Crippen LogP contribution < -0.4 is 14.8 Å². The van der Waals surface area contributed by atoms with Crippen LogP contribution >= 0.6 is 0 Å². The number of nitrogens with one attached hydrogen (secondary N) is 1. The maximum absolute atomic E-state index is 12.4. The Balaban J connectivity index is 1.95. The lowest BCUT2D eigenvalue weighted by Crippen LogP contribution is -2.46. The lowest BCUT2D eigenvalue weighted by Gasteiger charge is -2.20. The fourth-order valence-electron chi connectivity index (χ4n) is 2.27. The number of hydrogen-bond donors (Lipinski definition) is 2. The van der Waals surface area contributed by atoms with Crippen molar-refractivity contribution in [3.05, 3.63) is 60.2 Å². The highest BCUT2D eigenvalue weighted by molar-refractivity contribution is 5.83. The molecule has 2 N–H and O–H groups in total. The molecule has 1 amide bonds. The van der Waals surface area contributed by atoms with Crippen molar-refractivity contribution >= 4 is 18.2 Å². The molecule has 0 aromatic heterocycles. The third-order valence-corrected chi connectivity index (χ3v) is 3.64. The van der Waals surface area contributed by atoms with E-state index >= 15 is 0 Å². The Hall–Kier alpha value is -3.55. The Morgan fingerprint density at radius 2 is 1.61 bits per heavy atom. The molecule has 0 spiro atoms. The number of esters is 1. The molecule has 0 radical (unpaired) electrons. The topological polar surface area (TPSA) is 111 Å². The Kier molecular flexibility index (Phi) is 7.38. The molecule has 0 fully saturated rings. The minimum Gasteiger partial charge on any atom is -0.449 e. The van der Waals surface area contributed by atoms with Crippen LogP contribution in [0.3, 0.4) is 0 Å². The summed E-state index contributed by atoms with van der Waals surface area (Å²) in [5.74, 6) is -0.877. The smallest absolute Gasteiger partial charge is 0.449 e. The van der Waals surface area contributed by atoms with Crippen molar-refractivity contribution in [3.63, 3.8) is 0 Å². The first-order valence-corrected chi connectivity index (χ1v) is 8.55. The van der Waals surface area contributed by atoms with Gasteiger partial charge in [0.2, 0.25) is 0 Å². The lowest BCUT2D eigenvalue weighted by atomic mass is 10.1. The fraction of sp³-hybridized carbons (Fsp3) is 0.250. The van der Waals surface area contributed by atoms with E-state index in [0.717, 1.165) is 5.56 Å². The first kappa shape index (κ1) is 20.8. The Morgan fingerprint density at radius 1 is 0.964 bits per heavy atom. The molecule has 0 aliphatic carbocycles. The zero-order valence-electron chi connectivity index (χ0n) is 15.5. The molecular weight excluding hydrogens is 366 g/mol. The van der Waals surface area contributed by atoms with Gasteiger partial charge in [0.1, 0.15) is 24.1 Å². The van der Waals surface area contributed by atoms with E-state index in [1.807, 2.05) is 30.3 Å².